The molecule has 0 N–H and O–H groups in total. The predicted molar refractivity (Wildman–Crippen MR) is 41.5 cm³/mol. The Morgan fingerprint density at radius 1 is 1.50 bits per heavy atom. The van der Waals surface area contributed by atoms with Crippen molar-refractivity contribution in [2.24, 2.45) is 0 Å². The molecule has 0 amide bonds. The van der Waals surface area contributed by atoms with E-state index in [9.17, 15) is 0 Å². The molecule has 0 atom stereocenters. The summed E-state index contributed by atoms with van der Waals surface area (Å²) in [6.07, 6.45) is 3.81. The van der Waals surface area contributed by atoms with E-state index in [0.717, 1.165) is 5.82 Å². The third kappa shape index (κ3) is 1.04. The van der Waals surface area contributed by atoms with Crippen LogP contribution in [0.5, 0.6) is 0 Å². The zero-order valence-electron chi connectivity index (χ0n) is 5.38. The van der Waals surface area contributed by atoms with Gasteiger partial charge >= 0.3 is 0 Å². The molecular formula is C6H7ClN2S. The lowest BCUT2D eigenvalue weighted by molar-refractivity contribution is 0.405. The summed E-state index contributed by atoms with van der Waals surface area (Å²) in [5.74, 6) is 1.57. The molecule has 1 saturated carbocycles. The Kier molecular flexibility index (Phi) is 1.62. The van der Waals surface area contributed by atoms with Gasteiger partial charge in [0.15, 0.2) is 0 Å². The quantitative estimate of drug-likeness (QED) is 0.654. The second-order valence-corrected chi connectivity index (χ2v) is 3.87. The van der Waals surface area contributed by atoms with E-state index in [4.69, 9.17) is 11.6 Å². The highest BCUT2D eigenvalue weighted by Gasteiger charge is 2.23. The van der Waals surface area contributed by atoms with Gasteiger partial charge in [-0.15, -0.1) is 0 Å². The largest absolute Gasteiger partial charge is 0.208 e. The molecule has 1 aromatic heterocycles. The first kappa shape index (κ1) is 6.55. The molecule has 0 bridgehead atoms. The van der Waals surface area contributed by atoms with Crippen LogP contribution in [0.3, 0.4) is 0 Å². The SMILES string of the molecule is Clc1nc(C2CCC2)ns1. The lowest BCUT2D eigenvalue weighted by Gasteiger charge is -2.21. The minimum absolute atomic E-state index is 0.571. The molecule has 0 radical (unpaired) electrons. The smallest absolute Gasteiger partial charge is 0.203 e. The van der Waals surface area contributed by atoms with Gasteiger partial charge in [-0.3, -0.25) is 0 Å². The Labute approximate surface area is 68.4 Å². The van der Waals surface area contributed by atoms with Crippen molar-refractivity contribution < 1.29 is 0 Å². The van der Waals surface area contributed by atoms with E-state index in [2.05, 4.69) is 9.36 Å². The number of rotatable bonds is 1. The number of hydrogen-bond acceptors (Lipinski definition) is 3. The maximum absolute atomic E-state index is 5.63. The molecule has 1 aromatic rings. The Balaban J connectivity index is 2.17. The molecule has 0 unspecified atom stereocenters. The fourth-order valence-electron chi connectivity index (χ4n) is 1.05. The van der Waals surface area contributed by atoms with E-state index < -0.39 is 0 Å². The van der Waals surface area contributed by atoms with Crippen LogP contribution in [0.1, 0.15) is 31.0 Å². The number of nitrogens with zero attached hydrogens (tertiary/aromatic N) is 2. The van der Waals surface area contributed by atoms with Crippen molar-refractivity contribution in [3.05, 3.63) is 10.3 Å². The van der Waals surface area contributed by atoms with Gasteiger partial charge in [-0.05, 0) is 36.0 Å². The fraction of sp³-hybridized carbons (Fsp3) is 0.667. The van der Waals surface area contributed by atoms with Crippen molar-refractivity contribution in [2.75, 3.05) is 0 Å². The first-order chi connectivity index (χ1) is 4.86. The van der Waals surface area contributed by atoms with Crippen molar-refractivity contribution in [1.82, 2.24) is 9.36 Å². The number of halogens is 1. The van der Waals surface area contributed by atoms with E-state index in [1.807, 2.05) is 0 Å². The molecule has 2 nitrogen and oxygen atoms in total. The van der Waals surface area contributed by atoms with Gasteiger partial charge in [0.25, 0.3) is 0 Å². The Morgan fingerprint density at radius 2 is 2.30 bits per heavy atom. The van der Waals surface area contributed by atoms with Crippen molar-refractivity contribution >= 4 is 23.1 Å². The third-order valence-electron chi connectivity index (χ3n) is 1.89. The van der Waals surface area contributed by atoms with E-state index in [0.29, 0.717) is 10.4 Å². The maximum atomic E-state index is 5.63. The molecule has 0 saturated heterocycles. The van der Waals surface area contributed by atoms with Crippen LogP contribution >= 0.6 is 23.1 Å². The first-order valence-corrected chi connectivity index (χ1v) is 4.50. The van der Waals surface area contributed by atoms with Crippen LogP contribution in [0.4, 0.5) is 0 Å². The molecule has 0 spiro atoms. The summed E-state index contributed by atoms with van der Waals surface area (Å²) in [5, 5.41) is 0. The molecule has 0 aromatic carbocycles. The number of aromatic nitrogens is 2. The summed E-state index contributed by atoms with van der Waals surface area (Å²) in [6, 6.07) is 0. The summed E-state index contributed by atoms with van der Waals surface area (Å²) in [7, 11) is 0. The van der Waals surface area contributed by atoms with E-state index in [1.54, 1.807) is 0 Å². The van der Waals surface area contributed by atoms with E-state index in [1.165, 1.54) is 30.8 Å². The predicted octanol–water partition coefficient (Wildman–Crippen LogP) is 2.46. The van der Waals surface area contributed by atoms with Gasteiger partial charge in [-0.2, -0.15) is 4.37 Å². The van der Waals surface area contributed by atoms with E-state index in [-0.39, 0.29) is 0 Å². The van der Waals surface area contributed by atoms with Crippen LogP contribution in [0, 0.1) is 0 Å². The van der Waals surface area contributed by atoms with Crippen molar-refractivity contribution in [2.45, 2.75) is 25.2 Å². The molecule has 54 valence electrons. The average Bonchev–Trinajstić information content (AvgIpc) is 2.10. The standard InChI is InChI=1S/C6H7ClN2S/c7-6-8-5(9-10-6)4-2-1-3-4/h4H,1-3H2. The Bertz CT molecular complexity index is 231. The summed E-state index contributed by atoms with van der Waals surface area (Å²) in [6.45, 7) is 0. The highest BCUT2D eigenvalue weighted by Crippen LogP contribution is 2.35. The van der Waals surface area contributed by atoms with Crippen LogP contribution in [0.15, 0.2) is 0 Å². The normalized spacial score (nSPS) is 18.9. The zero-order valence-corrected chi connectivity index (χ0v) is 6.95. The van der Waals surface area contributed by atoms with Gasteiger partial charge < -0.3 is 0 Å². The van der Waals surface area contributed by atoms with Gasteiger partial charge in [0, 0.05) is 5.92 Å². The summed E-state index contributed by atoms with van der Waals surface area (Å²) in [5.41, 5.74) is 0. The highest BCUT2D eigenvalue weighted by molar-refractivity contribution is 7.10. The molecule has 2 rings (SSSR count). The van der Waals surface area contributed by atoms with Crippen LogP contribution in [-0.4, -0.2) is 9.36 Å². The molecule has 1 fully saturated rings. The van der Waals surface area contributed by atoms with E-state index >= 15 is 0 Å². The summed E-state index contributed by atoms with van der Waals surface area (Å²) >= 11 is 6.92. The average molecular weight is 175 g/mol. The zero-order chi connectivity index (χ0) is 6.97. The highest BCUT2D eigenvalue weighted by atomic mass is 35.5. The fourth-order valence-corrected chi connectivity index (χ4v) is 1.73. The van der Waals surface area contributed by atoms with Gasteiger partial charge in [0.1, 0.15) is 5.82 Å². The number of hydrogen-bond donors (Lipinski definition) is 0. The first-order valence-electron chi connectivity index (χ1n) is 3.35. The minimum Gasteiger partial charge on any atom is -0.208 e. The minimum atomic E-state index is 0.571. The maximum Gasteiger partial charge on any atom is 0.203 e. The topological polar surface area (TPSA) is 25.8 Å². The summed E-state index contributed by atoms with van der Waals surface area (Å²) < 4.78 is 4.71. The Hall–Kier alpha value is -0.150. The molecular weight excluding hydrogens is 168 g/mol. The van der Waals surface area contributed by atoms with Gasteiger partial charge in [-0.25, -0.2) is 4.98 Å². The van der Waals surface area contributed by atoms with Crippen molar-refractivity contribution in [3.8, 4) is 0 Å². The van der Waals surface area contributed by atoms with Crippen molar-refractivity contribution in [3.63, 3.8) is 0 Å². The van der Waals surface area contributed by atoms with Gasteiger partial charge in [-0.1, -0.05) is 6.42 Å². The molecule has 1 aliphatic rings. The van der Waals surface area contributed by atoms with Crippen LogP contribution in [0.2, 0.25) is 4.47 Å². The third-order valence-corrected chi connectivity index (χ3v) is 2.70. The van der Waals surface area contributed by atoms with Crippen molar-refractivity contribution in [1.29, 1.82) is 0 Å². The lowest BCUT2D eigenvalue weighted by Crippen LogP contribution is -2.09. The van der Waals surface area contributed by atoms with Gasteiger partial charge in [0.2, 0.25) is 4.47 Å². The Morgan fingerprint density at radius 3 is 2.70 bits per heavy atom. The van der Waals surface area contributed by atoms with Crippen LogP contribution in [0.25, 0.3) is 0 Å². The van der Waals surface area contributed by atoms with Crippen LogP contribution < -0.4 is 0 Å². The monoisotopic (exact) mass is 174 g/mol. The van der Waals surface area contributed by atoms with Gasteiger partial charge in [0.05, 0.1) is 0 Å². The molecule has 4 heteroatoms. The lowest BCUT2D eigenvalue weighted by atomic mass is 9.85. The molecule has 10 heavy (non-hydrogen) atoms. The van der Waals surface area contributed by atoms with Crippen LogP contribution in [-0.2, 0) is 0 Å². The molecule has 0 aliphatic heterocycles. The molecule has 1 aliphatic carbocycles. The second-order valence-electron chi connectivity index (χ2n) is 2.53. The second kappa shape index (κ2) is 2.47. The molecule has 1 heterocycles. The summed E-state index contributed by atoms with van der Waals surface area (Å²) in [4.78, 5) is 4.11.